The highest BCUT2D eigenvalue weighted by Crippen LogP contribution is 2.31. The van der Waals surface area contributed by atoms with Gasteiger partial charge in [0, 0.05) is 25.3 Å². The number of carbonyl (C=O) groups is 1. The van der Waals surface area contributed by atoms with Gasteiger partial charge in [0.2, 0.25) is 5.91 Å². The number of nitrogens with zero attached hydrogens (tertiary/aromatic N) is 1. The van der Waals surface area contributed by atoms with Gasteiger partial charge in [-0.3, -0.25) is 4.79 Å². The fourth-order valence-electron chi connectivity index (χ4n) is 1.78. The Bertz CT molecular complexity index is 451. The molecule has 1 amide bonds. The molecule has 6 heteroatoms. The Balaban J connectivity index is 2.36. The second-order valence-electron chi connectivity index (χ2n) is 3.76. The van der Waals surface area contributed by atoms with Crippen LogP contribution in [0.1, 0.15) is 6.42 Å². The molecule has 17 heavy (non-hydrogen) atoms. The summed E-state index contributed by atoms with van der Waals surface area (Å²) in [7, 11) is 0. The molecule has 92 valence electrons. The second-order valence-corrected chi connectivity index (χ2v) is 3.76. The Morgan fingerprint density at radius 2 is 2.06 bits per heavy atom. The highest BCUT2D eigenvalue weighted by molar-refractivity contribution is 6.02. The van der Waals surface area contributed by atoms with Crippen LogP contribution in [0.15, 0.2) is 12.1 Å². The number of hydrogen-bond donors (Lipinski definition) is 2. The van der Waals surface area contributed by atoms with E-state index in [4.69, 9.17) is 5.11 Å². The van der Waals surface area contributed by atoms with E-state index in [-0.39, 0.29) is 25.6 Å². The average Bonchev–Trinajstić information content (AvgIpc) is 2.30. The standard InChI is InChI=1S/C11H12F2N2O2/c12-7-4-9-10(5-8(7)13)15(2-1-3-16)11(17)6-14-9/h4-5,14,16H,1-3,6H2. The fourth-order valence-corrected chi connectivity index (χ4v) is 1.78. The van der Waals surface area contributed by atoms with Crippen molar-refractivity contribution in [1.82, 2.24) is 0 Å². The van der Waals surface area contributed by atoms with Crippen molar-refractivity contribution in [3.63, 3.8) is 0 Å². The van der Waals surface area contributed by atoms with Gasteiger partial charge in [0.05, 0.1) is 17.9 Å². The van der Waals surface area contributed by atoms with Crippen molar-refractivity contribution in [3.05, 3.63) is 23.8 Å². The molecule has 0 saturated carbocycles. The molecule has 0 radical (unpaired) electrons. The Kier molecular flexibility index (Phi) is 3.23. The van der Waals surface area contributed by atoms with Crippen LogP contribution in [0.4, 0.5) is 20.2 Å². The summed E-state index contributed by atoms with van der Waals surface area (Å²) in [5, 5.41) is 11.5. The molecule has 1 aliphatic heterocycles. The van der Waals surface area contributed by atoms with Gasteiger partial charge in [-0.1, -0.05) is 0 Å². The van der Waals surface area contributed by atoms with Gasteiger partial charge in [0.1, 0.15) is 0 Å². The molecule has 1 aromatic rings. The van der Waals surface area contributed by atoms with E-state index in [1.807, 2.05) is 0 Å². The SMILES string of the molecule is O=C1CNc2cc(F)c(F)cc2N1CCCO. The molecule has 0 aliphatic carbocycles. The van der Waals surface area contributed by atoms with Crippen LogP contribution in [0.25, 0.3) is 0 Å². The third kappa shape index (κ3) is 2.21. The number of nitrogens with one attached hydrogen (secondary N) is 1. The van der Waals surface area contributed by atoms with Crippen molar-refractivity contribution in [2.24, 2.45) is 0 Å². The first-order valence-electron chi connectivity index (χ1n) is 5.27. The van der Waals surface area contributed by atoms with E-state index in [1.54, 1.807) is 0 Å². The fraction of sp³-hybridized carbons (Fsp3) is 0.364. The molecule has 4 nitrogen and oxygen atoms in total. The maximum absolute atomic E-state index is 13.1. The van der Waals surface area contributed by atoms with E-state index in [0.717, 1.165) is 12.1 Å². The first-order chi connectivity index (χ1) is 8.13. The van der Waals surface area contributed by atoms with Crippen molar-refractivity contribution in [2.45, 2.75) is 6.42 Å². The van der Waals surface area contributed by atoms with E-state index < -0.39 is 11.6 Å². The smallest absolute Gasteiger partial charge is 0.246 e. The highest BCUT2D eigenvalue weighted by Gasteiger charge is 2.25. The molecule has 0 fully saturated rings. The van der Waals surface area contributed by atoms with E-state index >= 15 is 0 Å². The molecule has 1 aromatic carbocycles. The molecule has 0 atom stereocenters. The van der Waals surface area contributed by atoms with Crippen LogP contribution in [0.3, 0.4) is 0 Å². The highest BCUT2D eigenvalue weighted by atomic mass is 19.2. The Labute approximate surface area is 96.8 Å². The lowest BCUT2D eigenvalue weighted by Crippen LogP contribution is -2.40. The van der Waals surface area contributed by atoms with Crippen molar-refractivity contribution < 1.29 is 18.7 Å². The second kappa shape index (κ2) is 4.67. The topological polar surface area (TPSA) is 52.6 Å². The molecular weight excluding hydrogens is 230 g/mol. The molecule has 0 saturated heterocycles. The lowest BCUT2D eigenvalue weighted by atomic mass is 10.1. The molecule has 1 aliphatic rings. The third-order valence-electron chi connectivity index (χ3n) is 2.60. The predicted octanol–water partition coefficient (Wildman–Crippen LogP) is 1.11. The van der Waals surface area contributed by atoms with Gasteiger partial charge >= 0.3 is 0 Å². The summed E-state index contributed by atoms with van der Waals surface area (Å²) >= 11 is 0. The normalized spacial score (nSPS) is 14.5. The van der Waals surface area contributed by atoms with Crippen LogP contribution in [-0.2, 0) is 4.79 Å². The minimum atomic E-state index is -0.991. The summed E-state index contributed by atoms with van der Waals surface area (Å²) in [6.07, 6.45) is 0.393. The number of halogens is 2. The van der Waals surface area contributed by atoms with Crippen LogP contribution in [0.5, 0.6) is 0 Å². The lowest BCUT2D eigenvalue weighted by molar-refractivity contribution is -0.117. The van der Waals surface area contributed by atoms with Gasteiger partial charge in [-0.25, -0.2) is 8.78 Å². The Hall–Kier alpha value is -1.69. The van der Waals surface area contributed by atoms with E-state index in [9.17, 15) is 13.6 Å². The molecule has 0 unspecified atom stereocenters. The van der Waals surface area contributed by atoms with Crippen molar-refractivity contribution >= 4 is 17.3 Å². The lowest BCUT2D eigenvalue weighted by Gasteiger charge is -2.30. The molecule has 2 rings (SSSR count). The number of anilines is 2. The van der Waals surface area contributed by atoms with Gasteiger partial charge in [-0.15, -0.1) is 0 Å². The van der Waals surface area contributed by atoms with Gasteiger partial charge in [-0.05, 0) is 6.42 Å². The van der Waals surface area contributed by atoms with Crippen molar-refractivity contribution in [3.8, 4) is 0 Å². The van der Waals surface area contributed by atoms with Crippen LogP contribution in [-0.4, -0.2) is 30.7 Å². The summed E-state index contributed by atoms with van der Waals surface area (Å²) in [5.74, 6) is -2.17. The van der Waals surface area contributed by atoms with E-state index in [2.05, 4.69) is 5.32 Å². The Morgan fingerprint density at radius 3 is 2.76 bits per heavy atom. The summed E-state index contributed by atoms with van der Waals surface area (Å²) in [4.78, 5) is 13.0. The number of fused-ring (bicyclic) bond motifs is 1. The number of carbonyl (C=O) groups excluding carboxylic acids is 1. The summed E-state index contributed by atoms with van der Waals surface area (Å²) < 4.78 is 26.2. The first-order valence-corrected chi connectivity index (χ1v) is 5.27. The monoisotopic (exact) mass is 242 g/mol. The van der Waals surface area contributed by atoms with Gasteiger partial charge in [0.25, 0.3) is 0 Å². The van der Waals surface area contributed by atoms with Crippen molar-refractivity contribution in [1.29, 1.82) is 0 Å². The molecular formula is C11H12F2N2O2. The number of rotatable bonds is 3. The van der Waals surface area contributed by atoms with E-state index in [0.29, 0.717) is 17.8 Å². The maximum atomic E-state index is 13.1. The van der Waals surface area contributed by atoms with Gasteiger partial charge in [0.15, 0.2) is 11.6 Å². The molecule has 0 spiro atoms. The molecule has 1 heterocycles. The summed E-state index contributed by atoms with van der Waals surface area (Å²) in [5.41, 5.74) is 0.704. The zero-order valence-corrected chi connectivity index (χ0v) is 9.04. The average molecular weight is 242 g/mol. The number of benzene rings is 1. The van der Waals surface area contributed by atoms with Gasteiger partial charge < -0.3 is 15.3 Å². The predicted molar refractivity (Wildman–Crippen MR) is 58.9 cm³/mol. The van der Waals surface area contributed by atoms with E-state index in [1.165, 1.54) is 4.90 Å². The van der Waals surface area contributed by atoms with Crippen molar-refractivity contribution in [2.75, 3.05) is 29.9 Å². The minimum Gasteiger partial charge on any atom is -0.396 e. The minimum absolute atomic E-state index is 0.0451. The molecule has 0 bridgehead atoms. The largest absolute Gasteiger partial charge is 0.396 e. The summed E-state index contributed by atoms with van der Waals surface area (Å²) in [6.45, 7) is 0.273. The first kappa shape index (κ1) is 11.8. The Morgan fingerprint density at radius 1 is 1.35 bits per heavy atom. The molecule has 0 aromatic heterocycles. The van der Waals surface area contributed by atoms with Crippen LogP contribution in [0.2, 0.25) is 0 Å². The zero-order valence-electron chi connectivity index (χ0n) is 9.04. The quantitative estimate of drug-likeness (QED) is 0.834. The number of hydrogen-bond acceptors (Lipinski definition) is 3. The maximum Gasteiger partial charge on any atom is 0.246 e. The van der Waals surface area contributed by atoms with Crippen LogP contribution in [0, 0.1) is 11.6 Å². The van der Waals surface area contributed by atoms with Crippen LogP contribution >= 0.6 is 0 Å². The number of aliphatic hydroxyl groups excluding tert-OH is 1. The number of aliphatic hydroxyl groups is 1. The molecule has 2 N–H and O–H groups in total. The zero-order chi connectivity index (χ0) is 12.4. The van der Waals surface area contributed by atoms with Crippen LogP contribution < -0.4 is 10.2 Å². The summed E-state index contributed by atoms with van der Waals surface area (Å²) in [6, 6.07) is 2.02. The van der Waals surface area contributed by atoms with Gasteiger partial charge in [-0.2, -0.15) is 0 Å². The third-order valence-corrected chi connectivity index (χ3v) is 2.60. The number of amides is 1.